The molecule has 0 saturated heterocycles. The van der Waals surface area contributed by atoms with E-state index in [0.29, 0.717) is 0 Å². The summed E-state index contributed by atoms with van der Waals surface area (Å²) in [5.74, 6) is 0. The number of aromatic nitrogens is 2. The zero-order valence-corrected chi connectivity index (χ0v) is 10.6. The molecule has 3 rings (SSSR count). The summed E-state index contributed by atoms with van der Waals surface area (Å²) in [5, 5.41) is 4.17. The van der Waals surface area contributed by atoms with Crippen LogP contribution in [0.5, 0.6) is 0 Å². The van der Waals surface area contributed by atoms with Gasteiger partial charge in [0.1, 0.15) is 0 Å². The van der Waals surface area contributed by atoms with Gasteiger partial charge in [0.25, 0.3) is 0 Å². The maximum absolute atomic E-state index is 6.28. The highest BCUT2D eigenvalue weighted by Gasteiger charge is 2.12. The number of rotatable bonds is 3. The van der Waals surface area contributed by atoms with E-state index in [1.807, 2.05) is 36.0 Å². The van der Waals surface area contributed by atoms with Gasteiger partial charge in [-0.25, -0.2) is 4.98 Å². The topological polar surface area (TPSA) is 51.8 Å². The second-order valence-corrected chi connectivity index (χ2v) is 5.14. The second-order valence-electron chi connectivity index (χ2n) is 4.16. The zero-order chi connectivity index (χ0) is 12.4. The van der Waals surface area contributed by atoms with Crippen LogP contribution in [0.25, 0.3) is 10.9 Å². The zero-order valence-electron chi connectivity index (χ0n) is 9.78. The second kappa shape index (κ2) is 4.84. The molecule has 0 spiro atoms. The average Bonchev–Trinajstić information content (AvgIpc) is 2.91. The van der Waals surface area contributed by atoms with Crippen LogP contribution in [0.4, 0.5) is 0 Å². The van der Waals surface area contributed by atoms with E-state index in [-0.39, 0.29) is 6.04 Å². The van der Waals surface area contributed by atoms with Crippen molar-refractivity contribution in [3.63, 3.8) is 0 Å². The molecule has 2 N–H and O–H groups in total. The van der Waals surface area contributed by atoms with Crippen LogP contribution in [-0.4, -0.2) is 9.97 Å². The van der Waals surface area contributed by atoms with Crippen LogP contribution in [0.1, 0.15) is 16.6 Å². The van der Waals surface area contributed by atoms with Gasteiger partial charge in [0, 0.05) is 35.6 Å². The highest BCUT2D eigenvalue weighted by molar-refractivity contribution is 7.09. The fourth-order valence-corrected chi connectivity index (χ4v) is 2.76. The molecule has 0 bridgehead atoms. The molecule has 3 nitrogen and oxygen atoms in total. The predicted molar refractivity (Wildman–Crippen MR) is 74.5 cm³/mol. The van der Waals surface area contributed by atoms with Crippen molar-refractivity contribution < 1.29 is 0 Å². The summed E-state index contributed by atoms with van der Waals surface area (Å²) < 4.78 is 0. The van der Waals surface area contributed by atoms with Gasteiger partial charge in [-0.15, -0.1) is 11.3 Å². The number of nitrogens with zero attached hydrogens (tertiary/aromatic N) is 2. The van der Waals surface area contributed by atoms with E-state index >= 15 is 0 Å². The fourth-order valence-electron chi connectivity index (χ4n) is 2.08. The molecule has 18 heavy (non-hydrogen) atoms. The Morgan fingerprint density at radius 2 is 2.00 bits per heavy atom. The van der Waals surface area contributed by atoms with Crippen molar-refractivity contribution >= 4 is 22.2 Å². The molecule has 2 aromatic heterocycles. The molecule has 2 heterocycles. The van der Waals surface area contributed by atoms with Crippen molar-refractivity contribution in [2.75, 3.05) is 0 Å². The van der Waals surface area contributed by atoms with E-state index in [1.165, 1.54) is 0 Å². The number of pyridine rings is 1. The Balaban J connectivity index is 1.98. The highest BCUT2D eigenvalue weighted by Crippen LogP contribution is 2.24. The molecule has 1 aromatic carbocycles. The molecule has 1 unspecified atom stereocenters. The molecule has 4 heteroatoms. The molecule has 90 valence electrons. The minimum Gasteiger partial charge on any atom is -0.324 e. The van der Waals surface area contributed by atoms with Crippen molar-refractivity contribution in [3.8, 4) is 0 Å². The standard InChI is InChI=1S/C14H13N3S/c15-12(9-13-16-7-8-18-13)11-5-1-3-10-4-2-6-17-14(10)11/h1-8,12H,9,15H2. The Morgan fingerprint density at radius 1 is 1.11 bits per heavy atom. The Bertz CT molecular complexity index is 644. The number of fused-ring (bicyclic) bond motifs is 1. The third-order valence-corrected chi connectivity index (χ3v) is 3.74. The number of hydrogen-bond donors (Lipinski definition) is 1. The van der Waals surface area contributed by atoms with Crippen LogP contribution in [0, 0.1) is 0 Å². The molecular formula is C14H13N3S. The van der Waals surface area contributed by atoms with Crippen LogP contribution in [0.15, 0.2) is 48.1 Å². The Kier molecular flexibility index (Phi) is 3.04. The summed E-state index contributed by atoms with van der Waals surface area (Å²) in [6, 6.07) is 10.1. The lowest BCUT2D eigenvalue weighted by Gasteiger charge is -2.12. The van der Waals surface area contributed by atoms with E-state index < -0.39 is 0 Å². The Hall–Kier alpha value is -1.78. The number of nitrogens with two attached hydrogens (primary N) is 1. The van der Waals surface area contributed by atoms with Crippen molar-refractivity contribution in [1.29, 1.82) is 0 Å². The Labute approximate surface area is 109 Å². The predicted octanol–water partition coefficient (Wildman–Crippen LogP) is 2.93. The van der Waals surface area contributed by atoms with Gasteiger partial charge < -0.3 is 5.73 Å². The summed E-state index contributed by atoms with van der Waals surface area (Å²) in [6.45, 7) is 0. The largest absolute Gasteiger partial charge is 0.324 e. The lowest BCUT2D eigenvalue weighted by atomic mass is 10.0. The van der Waals surface area contributed by atoms with Gasteiger partial charge in [-0.1, -0.05) is 24.3 Å². The summed E-state index contributed by atoms with van der Waals surface area (Å²) in [4.78, 5) is 8.71. The maximum atomic E-state index is 6.28. The van der Waals surface area contributed by atoms with Gasteiger partial charge in [-0.3, -0.25) is 4.98 Å². The van der Waals surface area contributed by atoms with Crippen LogP contribution < -0.4 is 5.73 Å². The van der Waals surface area contributed by atoms with E-state index in [4.69, 9.17) is 5.73 Å². The molecule has 0 aliphatic heterocycles. The number of hydrogen-bond acceptors (Lipinski definition) is 4. The SMILES string of the molecule is NC(Cc1nccs1)c1cccc2cccnc12. The van der Waals surface area contributed by atoms with Crippen LogP contribution in [0.2, 0.25) is 0 Å². The number of benzene rings is 1. The molecular weight excluding hydrogens is 242 g/mol. The van der Waals surface area contributed by atoms with E-state index in [2.05, 4.69) is 22.1 Å². The van der Waals surface area contributed by atoms with Gasteiger partial charge in [-0.2, -0.15) is 0 Å². The maximum Gasteiger partial charge on any atom is 0.0943 e. The monoisotopic (exact) mass is 255 g/mol. The van der Waals surface area contributed by atoms with Gasteiger partial charge >= 0.3 is 0 Å². The molecule has 3 aromatic rings. The summed E-state index contributed by atoms with van der Waals surface area (Å²) in [6.07, 6.45) is 4.38. The van der Waals surface area contributed by atoms with Crippen LogP contribution >= 0.6 is 11.3 Å². The summed E-state index contributed by atoms with van der Waals surface area (Å²) in [7, 11) is 0. The first-order chi connectivity index (χ1) is 8.84. The third kappa shape index (κ3) is 2.12. The lowest BCUT2D eigenvalue weighted by Crippen LogP contribution is -2.14. The van der Waals surface area contributed by atoms with Gasteiger partial charge in [0.05, 0.1) is 10.5 Å². The van der Waals surface area contributed by atoms with Crippen molar-refractivity contribution in [1.82, 2.24) is 9.97 Å². The molecule has 0 saturated carbocycles. The first-order valence-electron chi connectivity index (χ1n) is 5.82. The van der Waals surface area contributed by atoms with Crippen LogP contribution in [0.3, 0.4) is 0 Å². The van der Waals surface area contributed by atoms with Gasteiger partial charge in [0.15, 0.2) is 0 Å². The van der Waals surface area contributed by atoms with Crippen molar-refractivity contribution in [2.45, 2.75) is 12.5 Å². The average molecular weight is 255 g/mol. The quantitative estimate of drug-likeness (QED) is 0.783. The minimum absolute atomic E-state index is 0.0604. The molecule has 0 aliphatic carbocycles. The molecule has 0 fully saturated rings. The summed E-state index contributed by atoms with van der Waals surface area (Å²) >= 11 is 1.64. The Morgan fingerprint density at radius 3 is 2.83 bits per heavy atom. The lowest BCUT2D eigenvalue weighted by molar-refractivity contribution is 0.722. The highest BCUT2D eigenvalue weighted by atomic mass is 32.1. The van der Waals surface area contributed by atoms with Crippen molar-refractivity contribution in [2.24, 2.45) is 5.73 Å². The number of thiazole rings is 1. The first-order valence-corrected chi connectivity index (χ1v) is 6.70. The van der Waals surface area contributed by atoms with Crippen molar-refractivity contribution in [3.05, 3.63) is 58.7 Å². The molecule has 0 radical (unpaired) electrons. The fraction of sp³-hybridized carbons (Fsp3) is 0.143. The van der Waals surface area contributed by atoms with Crippen LogP contribution in [-0.2, 0) is 6.42 Å². The van der Waals surface area contributed by atoms with Gasteiger partial charge in [0.2, 0.25) is 0 Å². The van der Waals surface area contributed by atoms with E-state index in [1.54, 1.807) is 11.3 Å². The third-order valence-electron chi connectivity index (χ3n) is 2.94. The van der Waals surface area contributed by atoms with E-state index in [9.17, 15) is 0 Å². The molecule has 0 aliphatic rings. The first kappa shape index (κ1) is 11.3. The normalized spacial score (nSPS) is 12.7. The van der Waals surface area contributed by atoms with E-state index in [0.717, 1.165) is 27.9 Å². The molecule has 0 amide bonds. The smallest absolute Gasteiger partial charge is 0.0943 e. The molecule has 1 atom stereocenters. The number of para-hydroxylation sites is 1. The summed E-state index contributed by atoms with van der Waals surface area (Å²) in [5.41, 5.74) is 8.36. The van der Waals surface area contributed by atoms with Gasteiger partial charge in [-0.05, 0) is 11.6 Å². The minimum atomic E-state index is -0.0604.